The molecule has 1 aromatic rings. The van der Waals surface area contributed by atoms with Crippen molar-refractivity contribution in [3.8, 4) is 0 Å². The molecule has 0 bridgehead atoms. The minimum absolute atomic E-state index is 0.0613. The Morgan fingerprint density at radius 1 is 1.27 bits per heavy atom. The molecule has 22 heavy (non-hydrogen) atoms. The molecule has 2 rings (SSSR count). The number of carbonyl (C=O) groups excluding carboxylic acids is 1. The Bertz CT molecular complexity index is 643. The van der Waals surface area contributed by atoms with Crippen LogP contribution in [-0.4, -0.2) is 26.9 Å². The first-order chi connectivity index (χ1) is 10.4. The second-order valence-corrected chi connectivity index (χ2v) is 7.00. The van der Waals surface area contributed by atoms with Crippen molar-refractivity contribution >= 4 is 21.6 Å². The minimum atomic E-state index is -3.94. The molecule has 0 aromatic heterocycles. The van der Waals surface area contributed by atoms with Gasteiger partial charge in [-0.15, -0.1) is 0 Å². The van der Waals surface area contributed by atoms with Gasteiger partial charge in [-0.1, -0.05) is 19.3 Å². The minimum Gasteiger partial charge on any atom is -0.374 e. The predicted molar refractivity (Wildman–Crippen MR) is 81.3 cm³/mol. The Morgan fingerprint density at radius 2 is 1.95 bits per heavy atom. The van der Waals surface area contributed by atoms with Crippen LogP contribution in [0.2, 0.25) is 0 Å². The molecule has 0 radical (unpaired) electrons. The molecule has 122 valence electrons. The van der Waals surface area contributed by atoms with E-state index in [2.05, 4.69) is 10.6 Å². The summed E-state index contributed by atoms with van der Waals surface area (Å²) in [6, 6.07) is 3.47. The number of primary sulfonamides is 1. The summed E-state index contributed by atoms with van der Waals surface area (Å²) in [5.41, 5.74) is 0.0613. The van der Waals surface area contributed by atoms with Gasteiger partial charge in [-0.3, -0.25) is 4.79 Å². The first-order valence-corrected chi connectivity index (χ1v) is 8.76. The molecule has 4 N–H and O–H groups in total. The summed E-state index contributed by atoms with van der Waals surface area (Å²) in [5.74, 6) is -0.973. The number of hydrogen-bond acceptors (Lipinski definition) is 4. The lowest BCUT2D eigenvalue weighted by atomic mass is 9.95. The number of anilines is 1. The zero-order chi connectivity index (χ0) is 16.2. The predicted octanol–water partition coefficient (Wildman–Crippen LogP) is 1.33. The van der Waals surface area contributed by atoms with Crippen molar-refractivity contribution < 1.29 is 17.6 Å². The van der Waals surface area contributed by atoms with Crippen LogP contribution < -0.4 is 15.8 Å². The number of sulfonamides is 1. The third kappa shape index (κ3) is 4.67. The summed E-state index contributed by atoms with van der Waals surface area (Å²) >= 11 is 0. The molecule has 0 atom stereocenters. The number of benzene rings is 1. The molecule has 0 aliphatic heterocycles. The number of hydrogen-bond donors (Lipinski definition) is 3. The Kier molecular flexibility index (Phi) is 5.36. The van der Waals surface area contributed by atoms with Crippen molar-refractivity contribution in [3.05, 3.63) is 24.0 Å². The number of nitrogens with two attached hydrogens (primary N) is 1. The summed E-state index contributed by atoms with van der Waals surface area (Å²) in [7, 11) is -3.94. The summed E-state index contributed by atoms with van der Waals surface area (Å²) < 4.78 is 36.0. The van der Waals surface area contributed by atoms with E-state index >= 15 is 0 Å². The maximum atomic E-state index is 13.8. The molecule has 1 aliphatic carbocycles. The highest BCUT2D eigenvalue weighted by Gasteiger charge is 2.16. The lowest BCUT2D eigenvalue weighted by molar-refractivity contribution is -0.120. The van der Waals surface area contributed by atoms with Crippen LogP contribution in [0.5, 0.6) is 0 Å². The van der Waals surface area contributed by atoms with E-state index in [0.29, 0.717) is 0 Å². The Hall–Kier alpha value is -1.67. The first kappa shape index (κ1) is 16.7. The van der Waals surface area contributed by atoms with Crippen molar-refractivity contribution in [2.75, 3.05) is 11.9 Å². The lowest BCUT2D eigenvalue weighted by Crippen LogP contribution is -2.39. The largest absolute Gasteiger partial charge is 0.374 e. The standard InChI is InChI=1S/C14H20FN3O3S/c15-12-8-11(22(16,20)21)6-7-13(12)17-9-14(19)18-10-4-2-1-3-5-10/h6-8,10,17H,1-5,9H2,(H,18,19)(H2,16,20,21). The molecule has 0 unspecified atom stereocenters. The lowest BCUT2D eigenvalue weighted by Gasteiger charge is -2.22. The maximum Gasteiger partial charge on any atom is 0.239 e. The van der Waals surface area contributed by atoms with Crippen LogP contribution in [0, 0.1) is 5.82 Å². The number of amides is 1. The maximum absolute atomic E-state index is 13.8. The van der Waals surface area contributed by atoms with Crippen molar-refractivity contribution in [2.24, 2.45) is 5.14 Å². The molecule has 0 heterocycles. The van der Waals surface area contributed by atoms with Gasteiger partial charge in [-0.25, -0.2) is 17.9 Å². The third-order valence-electron chi connectivity index (χ3n) is 3.68. The zero-order valence-corrected chi connectivity index (χ0v) is 13.0. The zero-order valence-electron chi connectivity index (χ0n) is 12.1. The van der Waals surface area contributed by atoms with E-state index in [0.717, 1.165) is 31.7 Å². The van der Waals surface area contributed by atoms with E-state index in [4.69, 9.17) is 5.14 Å². The van der Waals surface area contributed by atoms with E-state index in [1.807, 2.05) is 0 Å². The topological polar surface area (TPSA) is 101 Å². The molecule has 1 aromatic carbocycles. The molecule has 8 heteroatoms. The normalized spacial score (nSPS) is 16.3. The quantitative estimate of drug-likeness (QED) is 0.758. The summed E-state index contributed by atoms with van der Waals surface area (Å²) in [5, 5.41) is 10.5. The average Bonchev–Trinajstić information content (AvgIpc) is 2.46. The summed E-state index contributed by atoms with van der Waals surface area (Å²) in [4.78, 5) is 11.5. The van der Waals surface area contributed by atoms with Crippen LogP contribution in [0.4, 0.5) is 10.1 Å². The van der Waals surface area contributed by atoms with E-state index in [-0.39, 0.29) is 29.1 Å². The van der Waals surface area contributed by atoms with Crippen molar-refractivity contribution in [1.82, 2.24) is 5.32 Å². The number of halogens is 1. The molecule has 6 nitrogen and oxygen atoms in total. The van der Waals surface area contributed by atoms with E-state index in [1.54, 1.807) is 0 Å². The van der Waals surface area contributed by atoms with Gasteiger partial charge in [0.1, 0.15) is 5.82 Å². The third-order valence-corrected chi connectivity index (χ3v) is 4.59. The highest BCUT2D eigenvalue weighted by molar-refractivity contribution is 7.89. The van der Waals surface area contributed by atoms with Crippen LogP contribution in [0.15, 0.2) is 23.1 Å². The fourth-order valence-corrected chi connectivity index (χ4v) is 3.04. The van der Waals surface area contributed by atoms with Gasteiger partial charge in [0.15, 0.2) is 0 Å². The van der Waals surface area contributed by atoms with Crippen LogP contribution in [0.25, 0.3) is 0 Å². The fourth-order valence-electron chi connectivity index (χ4n) is 2.52. The monoisotopic (exact) mass is 329 g/mol. The van der Waals surface area contributed by atoms with Crippen molar-refractivity contribution in [3.63, 3.8) is 0 Å². The molecular formula is C14H20FN3O3S. The van der Waals surface area contributed by atoms with E-state index in [1.165, 1.54) is 18.6 Å². The van der Waals surface area contributed by atoms with Crippen molar-refractivity contribution in [2.45, 2.75) is 43.0 Å². The van der Waals surface area contributed by atoms with Gasteiger partial charge in [0.25, 0.3) is 0 Å². The van der Waals surface area contributed by atoms with Gasteiger partial charge < -0.3 is 10.6 Å². The highest BCUT2D eigenvalue weighted by Crippen LogP contribution is 2.19. The summed E-state index contributed by atoms with van der Waals surface area (Å²) in [6.45, 7) is -0.0673. The van der Waals surface area contributed by atoms with Crippen molar-refractivity contribution in [1.29, 1.82) is 0 Å². The second-order valence-electron chi connectivity index (χ2n) is 5.44. The first-order valence-electron chi connectivity index (χ1n) is 7.22. The number of nitrogens with one attached hydrogen (secondary N) is 2. The van der Waals surface area contributed by atoms with Gasteiger partial charge in [-0.05, 0) is 31.0 Å². The fraction of sp³-hybridized carbons (Fsp3) is 0.500. The molecule has 1 saturated carbocycles. The van der Waals surface area contributed by atoms with Crippen LogP contribution >= 0.6 is 0 Å². The molecule has 1 amide bonds. The SMILES string of the molecule is NS(=O)(=O)c1ccc(NCC(=O)NC2CCCCC2)c(F)c1. The van der Waals surface area contributed by atoms with Gasteiger partial charge in [0.05, 0.1) is 17.1 Å². The Balaban J connectivity index is 1.89. The van der Waals surface area contributed by atoms with E-state index < -0.39 is 15.8 Å². The van der Waals surface area contributed by atoms with Gasteiger partial charge in [0, 0.05) is 6.04 Å². The number of rotatable bonds is 5. The van der Waals surface area contributed by atoms with Gasteiger partial charge in [0.2, 0.25) is 15.9 Å². The van der Waals surface area contributed by atoms with Gasteiger partial charge in [-0.2, -0.15) is 0 Å². The molecule has 0 spiro atoms. The number of carbonyl (C=O) groups is 1. The second kappa shape index (κ2) is 7.06. The highest BCUT2D eigenvalue weighted by atomic mass is 32.2. The van der Waals surface area contributed by atoms with Crippen LogP contribution in [-0.2, 0) is 14.8 Å². The molecule has 1 fully saturated rings. The van der Waals surface area contributed by atoms with Gasteiger partial charge >= 0.3 is 0 Å². The van der Waals surface area contributed by atoms with Crippen LogP contribution in [0.3, 0.4) is 0 Å². The average molecular weight is 329 g/mol. The summed E-state index contributed by atoms with van der Waals surface area (Å²) in [6.07, 6.45) is 5.38. The molecular weight excluding hydrogens is 309 g/mol. The molecule has 1 aliphatic rings. The van der Waals surface area contributed by atoms with Crippen LogP contribution in [0.1, 0.15) is 32.1 Å². The smallest absolute Gasteiger partial charge is 0.239 e. The van der Waals surface area contributed by atoms with E-state index in [9.17, 15) is 17.6 Å². The molecule has 0 saturated heterocycles. The Labute approximate surface area is 129 Å². The Morgan fingerprint density at radius 3 is 2.55 bits per heavy atom.